The highest BCUT2D eigenvalue weighted by Gasteiger charge is 2.33. The summed E-state index contributed by atoms with van der Waals surface area (Å²) in [5.74, 6) is -1.25. The summed E-state index contributed by atoms with van der Waals surface area (Å²) in [7, 11) is 0. The molecule has 0 saturated heterocycles. The Balaban J connectivity index is 0.000000189. The molecule has 0 fully saturated rings. The van der Waals surface area contributed by atoms with Gasteiger partial charge in [0.05, 0.1) is 0 Å². The Bertz CT molecular complexity index is 2300. The lowest BCUT2D eigenvalue weighted by Gasteiger charge is -2.23. The van der Waals surface area contributed by atoms with E-state index in [1.165, 1.54) is 30.7 Å². The molecule has 2 atom stereocenters. The topological polar surface area (TPSA) is 79.6 Å². The molecule has 2 aliphatic rings. The molecule has 0 amide bonds. The van der Waals surface area contributed by atoms with E-state index in [-0.39, 0.29) is 48.7 Å². The molecule has 0 N–H and O–H groups in total. The second kappa shape index (κ2) is 12.2. The standard InChI is InChI=1S/2C18H19N3O.ClH/c2*1-12-19-9-10-21(12)11-13-7-8-16-17(18(13)22)14-5-3-4-6-15(14)20(16)2;/h2*3-6,9-10,13H,7-8,11H2,1-2H3;1H/i2*1D3,2D3;. The van der Waals surface area contributed by atoms with Crippen molar-refractivity contribution in [3.8, 4) is 0 Å². The molecule has 2 aliphatic carbocycles. The van der Waals surface area contributed by atoms with Gasteiger partial charge in [0, 0.05) is 124 Å². The van der Waals surface area contributed by atoms with Crippen LogP contribution in [0, 0.1) is 25.5 Å². The summed E-state index contributed by atoms with van der Waals surface area (Å²) in [5.41, 5.74) is 2.99. The van der Waals surface area contributed by atoms with E-state index in [1.807, 2.05) is 0 Å². The third kappa shape index (κ3) is 5.21. The Morgan fingerprint density at radius 1 is 0.711 bits per heavy atom. The normalized spacial score (nSPS) is 22.6. The van der Waals surface area contributed by atoms with Gasteiger partial charge in [0.15, 0.2) is 11.6 Å². The average molecular weight is 635 g/mol. The second-order valence-electron chi connectivity index (χ2n) is 11.4. The predicted octanol–water partition coefficient (Wildman–Crippen LogP) is 6.68. The molecule has 4 heterocycles. The first-order chi connectivity index (χ1) is 26.2. The van der Waals surface area contributed by atoms with Gasteiger partial charge in [-0.3, -0.25) is 9.59 Å². The van der Waals surface area contributed by atoms with Crippen LogP contribution in [0.2, 0.25) is 0 Å². The maximum absolute atomic E-state index is 13.3. The van der Waals surface area contributed by atoms with Crippen molar-refractivity contribution in [1.82, 2.24) is 28.2 Å². The number of nitrogens with zero attached hydrogens (tertiary/aromatic N) is 6. The van der Waals surface area contributed by atoms with E-state index in [9.17, 15) is 9.59 Å². The van der Waals surface area contributed by atoms with Gasteiger partial charge in [-0.2, -0.15) is 0 Å². The SMILES string of the molecule is Cl.[2H]C([2H])([2H])c1nccn1CC1CCc2c(c3ccccc3n2C([2H])([2H])[2H])C1=O.[2H]C([2H])([2H])c1nccn1CC1CCc2c(c3ccccc3n2C([2H])([2H])[2H])C1=O. The van der Waals surface area contributed by atoms with Gasteiger partial charge in [-0.25, -0.2) is 9.97 Å². The molecule has 45 heavy (non-hydrogen) atoms. The fourth-order valence-corrected chi connectivity index (χ4v) is 6.68. The largest absolute Gasteiger partial charge is 0.347 e. The van der Waals surface area contributed by atoms with E-state index >= 15 is 0 Å². The summed E-state index contributed by atoms with van der Waals surface area (Å²) in [5, 5.41) is 1.26. The van der Waals surface area contributed by atoms with E-state index in [2.05, 4.69) is 9.97 Å². The first kappa shape index (κ1) is 19.2. The number of aryl methyl sites for hydroxylation is 4. The quantitative estimate of drug-likeness (QED) is 0.217. The fourth-order valence-electron chi connectivity index (χ4n) is 6.68. The highest BCUT2D eigenvalue weighted by atomic mass is 35.5. The van der Waals surface area contributed by atoms with Crippen LogP contribution < -0.4 is 0 Å². The number of imidazole rings is 2. The summed E-state index contributed by atoms with van der Waals surface area (Å²) in [6.07, 6.45) is 7.76. The number of hydrogen-bond acceptors (Lipinski definition) is 4. The number of carbonyl (C=O) groups excluding carboxylic acids is 2. The van der Waals surface area contributed by atoms with E-state index < -0.39 is 39.5 Å². The van der Waals surface area contributed by atoms with Gasteiger partial charge in [0.1, 0.15) is 11.6 Å². The zero-order chi connectivity index (χ0) is 40.5. The van der Waals surface area contributed by atoms with Crippen molar-refractivity contribution in [2.24, 2.45) is 25.8 Å². The van der Waals surface area contributed by atoms with E-state index in [1.54, 1.807) is 60.9 Å². The number of benzene rings is 2. The van der Waals surface area contributed by atoms with Crippen LogP contribution in [-0.4, -0.2) is 39.8 Å². The summed E-state index contributed by atoms with van der Waals surface area (Å²) in [6.45, 7) is -9.05. The molecule has 0 aliphatic heterocycles. The minimum absolute atomic E-state index is 0. The van der Waals surface area contributed by atoms with Crippen LogP contribution in [0.15, 0.2) is 73.3 Å². The second-order valence-corrected chi connectivity index (χ2v) is 11.4. The van der Waals surface area contributed by atoms with Gasteiger partial charge in [-0.05, 0) is 51.5 Å². The van der Waals surface area contributed by atoms with Gasteiger partial charge in [-0.15, -0.1) is 12.4 Å². The zero-order valence-electron chi connectivity index (χ0n) is 36.2. The summed E-state index contributed by atoms with van der Waals surface area (Å²) >= 11 is 0. The van der Waals surface area contributed by atoms with Crippen molar-refractivity contribution >= 4 is 45.8 Å². The van der Waals surface area contributed by atoms with Gasteiger partial charge < -0.3 is 18.3 Å². The maximum Gasteiger partial charge on any atom is 0.170 e. The third-order valence-electron chi connectivity index (χ3n) is 8.90. The van der Waals surface area contributed by atoms with Gasteiger partial charge in [0.25, 0.3) is 0 Å². The van der Waals surface area contributed by atoms with Crippen LogP contribution in [0.25, 0.3) is 21.8 Å². The highest BCUT2D eigenvalue weighted by Crippen LogP contribution is 2.35. The number of carbonyl (C=O) groups is 2. The van der Waals surface area contributed by atoms with Crippen molar-refractivity contribution in [3.63, 3.8) is 0 Å². The van der Waals surface area contributed by atoms with Gasteiger partial charge in [-0.1, -0.05) is 36.4 Å². The van der Waals surface area contributed by atoms with Crippen molar-refractivity contribution in [1.29, 1.82) is 0 Å². The number of ketones is 2. The van der Waals surface area contributed by atoms with E-state index in [0.29, 0.717) is 70.0 Å². The molecule has 9 heteroatoms. The van der Waals surface area contributed by atoms with Crippen LogP contribution in [0.1, 0.15) is 73.0 Å². The summed E-state index contributed by atoms with van der Waals surface area (Å²) in [6, 6.07) is 14.0. The number of halogens is 1. The number of para-hydroxylation sites is 2. The molecular weight excluding hydrogens is 584 g/mol. The molecule has 8 nitrogen and oxygen atoms in total. The number of rotatable bonds is 4. The molecular formula is C36H39ClN6O2. The van der Waals surface area contributed by atoms with Crippen LogP contribution in [-0.2, 0) is 39.9 Å². The van der Waals surface area contributed by atoms with Crippen molar-refractivity contribution in [3.05, 3.63) is 107 Å². The lowest BCUT2D eigenvalue weighted by Crippen LogP contribution is -2.27. The first-order valence-corrected chi connectivity index (χ1v) is 14.5. The Hall–Kier alpha value is -4.43. The minimum atomic E-state index is -2.38. The van der Waals surface area contributed by atoms with Gasteiger partial charge >= 0.3 is 0 Å². The summed E-state index contributed by atoms with van der Waals surface area (Å²) in [4.78, 5) is 34.4. The Morgan fingerprint density at radius 3 is 1.58 bits per heavy atom. The lowest BCUT2D eigenvalue weighted by atomic mass is 9.85. The molecule has 2 unspecified atom stereocenters. The smallest absolute Gasteiger partial charge is 0.170 e. The van der Waals surface area contributed by atoms with Crippen LogP contribution in [0.3, 0.4) is 0 Å². The molecule has 232 valence electrons. The molecule has 2 aromatic carbocycles. The Kier molecular flexibility index (Phi) is 5.18. The number of hydrogen-bond donors (Lipinski definition) is 0. The average Bonchev–Trinajstić information content (AvgIpc) is 3.89. The van der Waals surface area contributed by atoms with Crippen molar-refractivity contribution < 1.29 is 26.0 Å². The molecule has 0 saturated carbocycles. The van der Waals surface area contributed by atoms with E-state index in [0.717, 1.165) is 0 Å². The zero-order valence-corrected chi connectivity index (χ0v) is 25.1. The Labute approximate surface area is 286 Å². The lowest BCUT2D eigenvalue weighted by molar-refractivity contribution is 0.0880. The third-order valence-corrected chi connectivity index (χ3v) is 8.90. The molecule has 0 spiro atoms. The first-order valence-electron chi connectivity index (χ1n) is 20.5. The molecule has 8 rings (SSSR count). The number of fused-ring (bicyclic) bond motifs is 6. The van der Waals surface area contributed by atoms with Crippen LogP contribution in [0.5, 0.6) is 0 Å². The van der Waals surface area contributed by atoms with Crippen molar-refractivity contribution in [2.45, 2.75) is 52.5 Å². The van der Waals surface area contributed by atoms with Crippen LogP contribution >= 0.6 is 12.4 Å². The van der Waals surface area contributed by atoms with Crippen molar-refractivity contribution in [2.75, 3.05) is 0 Å². The fraction of sp³-hybridized carbons (Fsp3) is 0.333. The predicted molar refractivity (Wildman–Crippen MR) is 179 cm³/mol. The molecule has 6 aromatic rings. The molecule has 0 bridgehead atoms. The minimum Gasteiger partial charge on any atom is -0.347 e. The number of aromatic nitrogens is 6. The summed E-state index contributed by atoms with van der Waals surface area (Å²) < 4.78 is 98.5. The molecule has 0 radical (unpaired) electrons. The Morgan fingerprint density at radius 2 is 1.16 bits per heavy atom. The number of Topliss-reactive ketones (excluding diaryl/α,β-unsaturated/α-hetero) is 2. The van der Waals surface area contributed by atoms with Crippen LogP contribution in [0.4, 0.5) is 0 Å². The monoisotopic (exact) mass is 634 g/mol. The molecule has 4 aromatic heterocycles. The maximum atomic E-state index is 13.3. The highest BCUT2D eigenvalue weighted by molar-refractivity contribution is 6.12. The van der Waals surface area contributed by atoms with Gasteiger partial charge in [0.2, 0.25) is 0 Å². The van der Waals surface area contributed by atoms with E-state index in [4.69, 9.17) is 16.4 Å².